The van der Waals surface area contributed by atoms with E-state index >= 15 is 0 Å². The Morgan fingerprint density at radius 2 is 1.79 bits per heavy atom. The van der Waals surface area contributed by atoms with Crippen molar-refractivity contribution in [2.45, 2.75) is 59.3 Å². The number of pyridine rings is 1. The van der Waals surface area contributed by atoms with Gasteiger partial charge < -0.3 is 5.32 Å². The van der Waals surface area contributed by atoms with Gasteiger partial charge in [0.2, 0.25) is 5.91 Å². The van der Waals surface area contributed by atoms with Crippen LogP contribution in [0.1, 0.15) is 55.2 Å². The molecule has 0 aliphatic heterocycles. The molecule has 1 fully saturated rings. The van der Waals surface area contributed by atoms with E-state index in [2.05, 4.69) is 50.4 Å². The topological polar surface area (TPSA) is 46.4 Å². The number of benzene rings is 1. The Balaban J connectivity index is 1.67. The number of rotatable bonds is 5. The Kier molecular flexibility index (Phi) is 5.21. The second-order valence-corrected chi connectivity index (χ2v) is 8.36. The molecule has 1 N–H and O–H groups in total. The quantitative estimate of drug-likeness (QED) is 0.609. The molecular formula is C24H29N3O. The number of fused-ring (bicyclic) bond motifs is 1. The number of hydrogen-bond donors (Lipinski definition) is 1. The molecule has 1 aliphatic rings. The highest BCUT2D eigenvalue weighted by Crippen LogP contribution is 2.32. The fourth-order valence-corrected chi connectivity index (χ4v) is 4.41. The van der Waals surface area contributed by atoms with Crippen molar-refractivity contribution in [2.75, 3.05) is 5.32 Å². The Morgan fingerprint density at radius 1 is 1.07 bits per heavy atom. The van der Waals surface area contributed by atoms with Gasteiger partial charge in [-0.15, -0.1) is 0 Å². The van der Waals surface area contributed by atoms with Gasteiger partial charge in [0.25, 0.3) is 0 Å². The van der Waals surface area contributed by atoms with Gasteiger partial charge in [0.1, 0.15) is 17.2 Å². The van der Waals surface area contributed by atoms with Crippen LogP contribution >= 0.6 is 0 Å². The molecule has 0 bridgehead atoms. The molecule has 1 aliphatic carbocycles. The smallest absolute Gasteiger partial charge is 0.225 e. The van der Waals surface area contributed by atoms with Crippen molar-refractivity contribution >= 4 is 17.4 Å². The van der Waals surface area contributed by atoms with Crippen LogP contribution in [-0.4, -0.2) is 15.3 Å². The van der Waals surface area contributed by atoms with Crippen LogP contribution in [0, 0.1) is 26.7 Å². The van der Waals surface area contributed by atoms with Crippen molar-refractivity contribution in [1.29, 1.82) is 0 Å². The molecule has 0 atom stereocenters. The first-order valence-corrected chi connectivity index (χ1v) is 10.4. The first-order chi connectivity index (χ1) is 13.5. The lowest BCUT2D eigenvalue weighted by molar-refractivity contribution is -0.116. The van der Waals surface area contributed by atoms with Gasteiger partial charge in [-0.3, -0.25) is 9.20 Å². The first-order valence-electron chi connectivity index (χ1n) is 10.4. The summed E-state index contributed by atoms with van der Waals surface area (Å²) in [6.45, 7) is 6.25. The van der Waals surface area contributed by atoms with E-state index in [1.807, 2.05) is 16.7 Å². The van der Waals surface area contributed by atoms with Crippen molar-refractivity contribution in [3.63, 3.8) is 0 Å². The van der Waals surface area contributed by atoms with Crippen LogP contribution in [0.3, 0.4) is 0 Å². The monoisotopic (exact) mass is 375 g/mol. The van der Waals surface area contributed by atoms with E-state index in [1.165, 1.54) is 36.8 Å². The van der Waals surface area contributed by atoms with Gasteiger partial charge in [-0.05, 0) is 62.9 Å². The number of hydrogen-bond acceptors (Lipinski definition) is 2. The van der Waals surface area contributed by atoms with Gasteiger partial charge in [-0.1, -0.05) is 42.9 Å². The van der Waals surface area contributed by atoms with E-state index in [4.69, 9.17) is 4.98 Å². The average Bonchev–Trinajstić information content (AvgIpc) is 3.27. The fourth-order valence-electron chi connectivity index (χ4n) is 4.41. The summed E-state index contributed by atoms with van der Waals surface area (Å²) >= 11 is 0. The van der Waals surface area contributed by atoms with E-state index in [-0.39, 0.29) is 5.91 Å². The molecule has 2 aromatic heterocycles. The minimum atomic E-state index is 0.0832. The van der Waals surface area contributed by atoms with Crippen LogP contribution in [-0.2, 0) is 4.79 Å². The zero-order chi connectivity index (χ0) is 19.7. The van der Waals surface area contributed by atoms with Crippen LogP contribution in [0.25, 0.3) is 16.9 Å². The van der Waals surface area contributed by atoms with Crippen LogP contribution in [0.2, 0.25) is 0 Å². The molecule has 4 rings (SSSR count). The van der Waals surface area contributed by atoms with Gasteiger partial charge in [0.15, 0.2) is 0 Å². The largest absolute Gasteiger partial charge is 0.310 e. The summed E-state index contributed by atoms with van der Waals surface area (Å²) in [6.07, 6.45) is 8.74. The number of aromatic nitrogens is 2. The van der Waals surface area contributed by atoms with Gasteiger partial charge in [-0.25, -0.2) is 4.98 Å². The summed E-state index contributed by atoms with van der Waals surface area (Å²) in [5, 5.41) is 3.18. The fraction of sp³-hybridized carbons (Fsp3) is 0.417. The second-order valence-electron chi connectivity index (χ2n) is 8.36. The molecule has 146 valence electrons. The maximum Gasteiger partial charge on any atom is 0.225 e. The molecule has 0 saturated heterocycles. The lowest BCUT2D eigenvalue weighted by Gasteiger charge is -2.11. The molecule has 3 aromatic rings. The molecule has 0 unspecified atom stereocenters. The third kappa shape index (κ3) is 3.96. The van der Waals surface area contributed by atoms with Gasteiger partial charge in [0, 0.05) is 18.2 Å². The number of imidazole rings is 1. The SMILES string of the molecule is Cc1cc(C)cc(-c2nc3cc(C)ccn3c2NC(=O)CCC2CCCC2)c1. The Labute approximate surface area is 167 Å². The normalized spacial score (nSPS) is 14.7. The number of carbonyl (C=O) groups excluding carboxylic acids is 1. The number of carbonyl (C=O) groups is 1. The summed E-state index contributed by atoms with van der Waals surface area (Å²) in [4.78, 5) is 17.6. The van der Waals surface area contributed by atoms with Crippen LogP contribution in [0.15, 0.2) is 36.5 Å². The van der Waals surface area contributed by atoms with E-state index in [9.17, 15) is 4.79 Å². The highest BCUT2D eigenvalue weighted by Gasteiger charge is 2.19. The molecule has 1 amide bonds. The lowest BCUT2D eigenvalue weighted by Crippen LogP contribution is -2.14. The van der Waals surface area contributed by atoms with E-state index < -0.39 is 0 Å². The molecule has 0 radical (unpaired) electrons. The summed E-state index contributed by atoms with van der Waals surface area (Å²) in [7, 11) is 0. The lowest BCUT2D eigenvalue weighted by atomic mass is 10.0. The maximum atomic E-state index is 12.7. The van der Waals surface area contributed by atoms with Crippen LogP contribution in [0.5, 0.6) is 0 Å². The minimum absolute atomic E-state index is 0.0832. The van der Waals surface area contributed by atoms with E-state index in [1.54, 1.807) is 0 Å². The van der Waals surface area contributed by atoms with Crippen LogP contribution in [0.4, 0.5) is 5.82 Å². The molecule has 4 nitrogen and oxygen atoms in total. The molecular weight excluding hydrogens is 346 g/mol. The summed E-state index contributed by atoms with van der Waals surface area (Å²) in [6, 6.07) is 10.5. The highest BCUT2D eigenvalue weighted by molar-refractivity contribution is 5.94. The van der Waals surface area contributed by atoms with Crippen molar-refractivity contribution in [3.05, 3.63) is 53.2 Å². The highest BCUT2D eigenvalue weighted by atomic mass is 16.1. The second kappa shape index (κ2) is 7.78. The number of aryl methyl sites for hydroxylation is 3. The van der Waals surface area contributed by atoms with Gasteiger partial charge in [0.05, 0.1) is 0 Å². The third-order valence-electron chi connectivity index (χ3n) is 5.79. The number of nitrogens with zero attached hydrogens (tertiary/aromatic N) is 2. The average molecular weight is 376 g/mol. The predicted octanol–water partition coefficient (Wildman–Crippen LogP) is 5.84. The van der Waals surface area contributed by atoms with Crippen molar-refractivity contribution < 1.29 is 4.79 Å². The van der Waals surface area contributed by atoms with Crippen molar-refractivity contribution in [3.8, 4) is 11.3 Å². The summed E-state index contributed by atoms with van der Waals surface area (Å²) in [5.41, 5.74) is 6.30. The Hall–Kier alpha value is -2.62. The number of nitrogens with one attached hydrogen (secondary N) is 1. The zero-order valence-electron chi connectivity index (χ0n) is 17.1. The standard InChI is InChI=1S/C24H29N3O/c1-16-10-11-27-21(15-16)25-23(20-13-17(2)12-18(3)14-20)24(27)26-22(28)9-8-19-6-4-5-7-19/h10-15,19H,4-9H2,1-3H3,(H,26,28). The molecule has 2 heterocycles. The number of anilines is 1. The van der Waals surface area contributed by atoms with Crippen molar-refractivity contribution in [1.82, 2.24) is 9.38 Å². The van der Waals surface area contributed by atoms with Gasteiger partial charge >= 0.3 is 0 Å². The summed E-state index contributed by atoms with van der Waals surface area (Å²) < 4.78 is 1.99. The molecule has 28 heavy (non-hydrogen) atoms. The predicted molar refractivity (Wildman–Crippen MR) is 115 cm³/mol. The first kappa shape index (κ1) is 18.7. The van der Waals surface area contributed by atoms with E-state index in [0.717, 1.165) is 40.6 Å². The Bertz CT molecular complexity index is 992. The van der Waals surface area contributed by atoms with E-state index in [0.29, 0.717) is 6.42 Å². The third-order valence-corrected chi connectivity index (χ3v) is 5.79. The van der Waals surface area contributed by atoms with Crippen molar-refractivity contribution in [2.24, 2.45) is 5.92 Å². The zero-order valence-corrected chi connectivity index (χ0v) is 17.1. The molecule has 0 spiro atoms. The Morgan fingerprint density at radius 3 is 2.50 bits per heavy atom. The summed E-state index contributed by atoms with van der Waals surface area (Å²) in [5.74, 6) is 1.57. The minimum Gasteiger partial charge on any atom is -0.310 e. The van der Waals surface area contributed by atoms with Crippen LogP contribution < -0.4 is 5.32 Å². The number of amides is 1. The molecule has 1 aromatic carbocycles. The van der Waals surface area contributed by atoms with Gasteiger partial charge in [-0.2, -0.15) is 0 Å². The maximum absolute atomic E-state index is 12.7. The molecule has 1 saturated carbocycles. The molecule has 4 heteroatoms.